The van der Waals surface area contributed by atoms with Crippen LogP contribution in [0.3, 0.4) is 0 Å². The average molecular weight is 338 g/mol. The molecule has 2 atom stereocenters. The van der Waals surface area contributed by atoms with Gasteiger partial charge in [-0.2, -0.15) is 0 Å². The lowest BCUT2D eigenvalue weighted by molar-refractivity contribution is 0.303. The zero-order chi connectivity index (χ0) is 17.3. The molecule has 1 saturated carbocycles. The van der Waals surface area contributed by atoms with Crippen molar-refractivity contribution < 1.29 is 0 Å². The van der Waals surface area contributed by atoms with Gasteiger partial charge in [-0.1, -0.05) is 67.5 Å². The number of unbranched alkanes of at least 4 members (excludes halogenated alkanes) is 2. The van der Waals surface area contributed by atoms with Gasteiger partial charge in [-0.15, -0.1) is 0 Å². The summed E-state index contributed by atoms with van der Waals surface area (Å²) < 4.78 is 0. The Balaban J connectivity index is 1.29. The smallest absolute Gasteiger partial charge is 0.00129 e. The van der Waals surface area contributed by atoms with Crippen LogP contribution in [0.5, 0.6) is 0 Å². The van der Waals surface area contributed by atoms with Crippen molar-refractivity contribution in [3.63, 3.8) is 0 Å². The molecule has 1 aromatic carbocycles. The molecule has 1 aromatic rings. The lowest BCUT2D eigenvalue weighted by atomic mass is 9.99. The Hall–Kier alpha value is -1.34. The normalized spacial score (nSPS) is 23.8. The van der Waals surface area contributed by atoms with E-state index in [-0.39, 0.29) is 0 Å². The number of aryl methyl sites for hydroxylation is 1. The fourth-order valence-corrected chi connectivity index (χ4v) is 4.79. The fraction of sp³-hybridized carbons (Fsp3) is 0.583. The maximum atomic E-state index is 3.90. The molecular formula is C24H35N. The van der Waals surface area contributed by atoms with Crippen LogP contribution in [0.2, 0.25) is 0 Å². The Morgan fingerprint density at radius 2 is 1.76 bits per heavy atom. The first-order valence-electron chi connectivity index (χ1n) is 10.4. The highest BCUT2D eigenvalue weighted by Crippen LogP contribution is 2.37. The van der Waals surface area contributed by atoms with E-state index in [0.29, 0.717) is 0 Å². The lowest BCUT2D eigenvalue weighted by Gasteiger charge is -2.16. The summed E-state index contributed by atoms with van der Waals surface area (Å²) in [5, 5.41) is 0. The lowest BCUT2D eigenvalue weighted by Crippen LogP contribution is -2.22. The molecule has 0 radical (unpaired) electrons. The molecule has 2 unspecified atom stereocenters. The number of allylic oxidation sites excluding steroid dienone is 3. The minimum atomic E-state index is 1.04. The number of hydrogen-bond acceptors (Lipinski definition) is 1. The largest absolute Gasteiger partial charge is 0.303 e. The van der Waals surface area contributed by atoms with Crippen LogP contribution >= 0.6 is 0 Å². The molecule has 1 aliphatic carbocycles. The maximum absolute atomic E-state index is 3.90. The third kappa shape index (κ3) is 5.85. The van der Waals surface area contributed by atoms with Crippen LogP contribution in [-0.2, 0) is 6.42 Å². The monoisotopic (exact) mass is 337 g/mol. The van der Waals surface area contributed by atoms with E-state index in [1.165, 1.54) is 76.6 Å². The van der Waals surface area contributed by atoms with Crippen molar-refractivity contribution in [1.29, 1.82) is 0 Å². The van der Waals surface area contributed by atoms with E-state index < -0.39 is 0 Å². The standard InChI is InChI=1S/C24H35N/c1-2-10-21(16-17-22-12-5-3-6-13-22)11-7-4-8-18-25-19-23-14-9-15-24(23)20-25/h2-3,5-6,10,12-13,23-24H,1,4,7-9,11,14-20H2/b21-10+. The van der Waals surface area contributed by atoms with E-state index in [1.807, 2.05) is 6.08 Å². The van der Waals surface area contributed by atoms with Gasteiger partial charge in [-0.25, -0.2) is 0 Å². The van der Waals surface area contributed by atoms with Gasteiger partial charge in [0.25, 0.3) is 0 Å². The highest BCUT2D eigenvalue weighted by molar-refractivity contribution is 5.18. The van der Waals surface area contributed by atoms with Gasteiger partial charge in [0.15, 0.2) is 0 Å². The predicted octanol–water partition coefficient (Wildman–Crippen LogP) is 6.02. The summed E-state index contributed by atoms with van der Waals surface area (Å²) in [6, 6.07) is 10.8. The Morgan fingerprint density at radius 1 is 1.00 bits per heavy atom. The fourth-order valence-electron chi connectivity index (χ4n) is 4.79. The number of rotatable bonds is 10. The predicted molar refractivity (Wildman–Crippen MR) is 109 cm³/mol. The molecule has 1 nitrogen and oxygen atoms in total. The average Bonchev–Trinajstić information content (AvgIpc) is 3.22. The summed E-state index contributed by atoms with van der Waals surface area (Å²) in [6.45, 7) is 8.01. The van der Waals surface area contributed by atoms with Crippen LogP contribution in [0.1, 0.15) is 56.9 Å². The highest BCUT2D eigenvalue weighted by Gasteiger charge is 2.35. The molecule has 1 heterocycles. The van der Waals surface area contributed by atoms with Crippen molar-refractivity contribution >= 4 is 0 Å². The van der Waals surface area contributed by atoms with Gasteiger partial charge >= 0.3 is 0 Å². The van der Waals surface area contributed by atoms with Crippen LogP contribution in [0.4, 0.5) is 0 Å². The van der Waals surface area contributed by atoms with Gasteiger partial charge in [0, 0.05) is 13.1 Å². The molecule has 0 bridgehead atoms. The second-order valence-electron chi connectivity index (χ2n) is 8.07. The number of nitrogens with zero attached hydrogens (tertiary/aromatic N) is 1. The molecule has 136 valence electrons. The van der Waals surface area contributed by atoms with Gasteiger partial charge in [0.1, 0.15) is 0 Å². The van der Waals surface area contributed by atoms with E-state index in [0.717, 1.165) is 18.3 Å². The second-order valence-corrected chi connectivity index (χ2v) is 8.07. The van der Waals surface area contributed by atoms with Gasteiger partial charge in [-0.05, 0) is 68.9 Å². The molecular weight excluding hydrogens is 302 g/mol. The molecule has 2 fully saturated rings. The van der Waals surface area contributed by atoms with Crippen molar-refractivity contribution in [2.75, 3.05) is 19.6 Å². The molecule has 25 heavy (non-hydrogen) atoms. The van der Waals surface area contributed by atoms with Crippen molar-refractivity contribution in [3.8, 4) is 0 Å². The number of benzene rings is 1. The molecule has 0 amide bonds. The molecule has 1 heteroatoms. The molecule has 0 spiro atoms. The van der Waals surface area contributed by atoms with Gasteiger partial charge in [0.2, 0.25) is 0 Å². The Kier molecular flexibility index (Phi) is 7.36. The summed E-state index contributed by atoms with van der Waals surface area (Å²) in [5.74, 6) is 2.08. The highest BCUT2D eigenvalue weighted by atomic mass is 15.2. The van der Waals surface area contributed by atoms with Gasteiger partial charge in [-0.3, -0.25) is 0 Å². The van der Waals surface area contributed by atoms with E-state index in [1.54, 1.807) is 5.57 Å². The Bertz CT molecular complexity index is 532. The van der Waals surface area contributed by atoms with Crippen molar-refractivity contribution in [1.82, 2.24) is 4.90 Å². The van der Waals surface area contributed by atoms with Gasteiger partial charge < -0.3 is 4.90 Å². The van der Waals surface area contributed by atoms with Crippen LogP contribution in [0.15, 0.2) is 54.6 Å². The second kappa shape index (κ2) is 9.97. The van der Waals surface area contributed by atoms with E-state index in [2.05, 4.69) is 47.9 Å². The van der Waals surface area contributed by atoms with Crippen molar-refractivity contribution in [2.24, 2.45) is 11.8 Å². The first-order chi connectivity index (χ1) is 12.3. The summed E-state index contributed by atoms with van der Waals surface area (Å²) in [7, 11) is 0. The zero-order valence-corrected chi connectivity index (χ0v) is 15.8. The minimum Gasteiger partial charge on any atom is -0.303 e. The summed E-state index contributed by atoms with van der Waals surface area (Å²) >= 11 is 0. The summed E-state index contributed by atoms with van der Waals surface area (Å²) in [6.07, 6.45) is 16.3. The van der Waals surface area contributed by atoms with Crippen molar-refractivity contribution in [2.45, 2.75) is 57.8 Å². The van der Waals surface area contributed by atoms with E-state index >= 15 is 0 Å². The van der Waals surface area contributed by atoms with Crippen LogP contribution < -0.4 is 0 Å². The zero-order valence-electron chi connectivity index (χ0n) is 15.8. The number of fused-ring (bicyclic) bond motifs is 1. The van der Waals surface area contributed by atoms with Crippen molar-refractivity contribution in [3.05, 3.63) is 60.2 Å². The molecule has 0 N–H and O–H groups in total. The van der Waals surface area contributed by atoms with E-state index in [4.69, 9.17) is 0 Å². The SMILES string of the molecule is C=C/C=C(\CCCCCN1CC2CCCC2C1)CCc1ccccc1. The van der Waals surface area contributed by atoms with Crippen LogP contribution in [0, 0.1) is 11.8 Å². The minimum absolute atomic E-state index is 1.04. The summed E-state index contributed by atoms with van der Waals surface area (Å²) in [5.41, 5.74) is 3.01. The molecule has 1 aliphatic heterocycles. The number of hydrogen-bond donors (Lipinski definition) is 0. The van der Waals surface area contributed by atoms with Crippen LogP contribution in [-0.4, -0.2) is 24.5 Å². The first-order valence-corrected chi connectivity index (χ1v) is 10.4. The number of likely N-dealkylation sites (tertiary alicyclic amines) is 1. The molecule has 1 saturated heterocycles. The molecule has 0 aromatic heterocycles. The van der Waals surface area contributed by atoms with E-state index in [9.17, 15) is 0 Å². The van der Waals surface area contributed by atoms with Crippen LogP contribution in [0.25, 0.3) is 0 Å². The Morgan fingerprint density at radius 3 is 2.48 bits per heavy atom. The topological polar surface area (TPSA) is 3.24 Å². The third-order valence-corrected chi connectivity index (χ3v) is 6.21. The first kappa shape index (κ1) is 18.5. The summed E-state index contributed by atoms with van der Waals surface area (Å²) in [4.78, 5) is 2.74. The Labute approximate surface area is 154 Å². The van der Waals surface area contributed by atoms with Gasteiger partial charge in [0.05, 0.1) is 0 Å². The maximum Gasteiger partial charge on any atom is 0.00129 e. The quantitative estimate of drug-likeness (QED) is 0.372. The molecule has 3 rings (SSSR count). The third-order valence-electron chi connectivity index (χ3n) is 6.21. The molecule has 2 aliphatic rings.